The van der Waals surface area contributed by atoms with Crippen molar-refractivity contribution < 1.29 is 15.0 Å². The molecule has 1 aromatic carbocycles. The number of nitrogens with zero attached hydrogens (tertiary/aromatic N) is 3. The van der Waals surface area contributed by atoms with Crippen LogP contribution in [0.1, 0.15) is 95.4 Å². The molecule has 238 valence electrons. The summed E-state index contributed by atoms with van der Waals surface area (Å²) >= 11 is 2.98. The van der Waals surface area contributed by atoms with E-state index in [1.54, 1.807) is 11.3 Å². The quantitative estimate of drug-likeness (QED) is 0.267. The lowest BCUT2D eigenvalue weighted by atomic mass is 9.45. The molecular weight excluding hydrogens is 599 g/mol. The summed E-state index contributed by atoms with van der Waals surface area (Å²) in [4.78, 5) is 18.7. The highest BCUT2D eigenvalue weighted by molar-refractivity contribution is 8.01. The van der Waals surface area contributed by atoms with Crippen LogP contribution in [0.25, 0.3) is 17.3 Å². The number of Topliss-reactive ketones (excluding diaryl/α,β-unsaturated/α-hetero) is 1. The number of thiazole rings is 1. The SMILES string of the molecule is CC12Cc3cnn(C4CCCCC4)c3C=C1CCC1C2[C@@H](O)CC2(C)C1CC[C@]2(O)C(=O)CSc1nc(-c2ccccc2)cs1. The number of allylic oxidation sites excluding steroid dienone is 1. The smallest absolute Gasteiger partial charge is 0.175 e. The molecule has 0 bridgehead atoms. The molecule has 6 nitrogen and oxygen atoms in total. The van der Waals surface area contributed by atoms with E-state index in [2.05, 4.69) is 30.8 Å². The van der Waals surface area contributed by atoms with E-state index in [4.69, 9.17) is 10.1 Å². The van der Waals surface area contributed by atoms with Crippen LogP contribution in [-0.4, -0.2) is 48.2 Å². The predicted molar refractivity (Wildman–Crippen MR) is 180 cm³/mol. The van der Waals surface area contributed by atoms with Gasteiger partial charge in [-0.25, -0.2) is 4.98 Å². The van der Waals surface area contributed by atoms with Crippen LogP contribution >= 0.6 is 23.1 Å². The molecule has 0 saturated heterocycles. The summed E-state index contributed by atoms with van der Waals surface area (Å²) < 4.78 is 3.16. The van der Waals surface area contributed by atoms with Crippen LogP contribution in [0.5, 0.6) is 0 Å². The van der Waals surface area contributed by atoms with E-state index < -0.39 is 17.1 Å². The topological polar surface area (TPSA) is 88.2 Å². The lowest BCUT2D eigenvalue weighted by molar-refractivity contribution is -0.177. The molecule has 8 heteroatoms. The second-order valence-corrected chi connectivity index (χ2v) is 17.1. The van der Waals surface area contributed by atoms with Crippen molar-refractivity contribution in [2.75, 3.05) is 5.75 Å². The van der Waals surface area contributed by atoms with Crippen LogP contribution in [0.4, 0.5) is 0 Å². The monoisotopic (exact) mass is 643 g/mol. The van der Waals surface area contributed by atoms with Crippen molar-refractivity contribution in [3.63, 3.8) is 0 Å². The molecule has 0 radical (unpaired) electrons. The number of rotatable bonds is 6. The van der Waals surface area contributed by atoms with Gasteiger partial charge in [-0.3, -0.25) is 9.48 Å². The van der Waals surface area contributed by atoms with Gasteiger partial charge in [0.15, 0.2) is 10.1 Å². The van der Waals surface area contributed by atoms with Crippen LogP contribution in [0.3, 0.4) is 0 Å². The first-order valence-corrected chi connectivity index (χ1v) is 18.9. The van der Waals surface area contributed by atoms with Crippen molar-refractivity contribution in [3.8, 4) is 11.3 Å². The Morgan fingerprint density at radius 3 is 2.71 bits per heavy atom. The van der Waals surface area contributed by atoms with Crippen LogP contribution < -0.4 is 0 Å². The van der Waals surface area contributed by atoms with Gasteiger partial charge in [-0.2, -0.15) is 5.10 Å². The normalized spacial score (nSPS) is 36.0. The summed E-state index contributed by atoms with van der Waals surface area (Å²) in [6.07, 6.45) is 15.1. The van der Waals surface area contributed by atoms with Crippen molar-refractivity contribution in [2.24, 2.45) is 28.6 Å². The predicted octanol–water partition coefficient (Wildman–Crippen LogP) is 7.76. The fraction of sp³-hybridized carbons (Fsp3) is 0.595. The molecule has 0 spiro atoms. The van der Waals surface area contributed by atoms with E-state index in [9.17, 15) is 15.0 Å². The highest BCUT2D eigenvalue weighted by Gasteiger charge is 2.68. The molecule has 3 aromatic rings. The fourth-order valence-electron chi connectivity index (χ4n) is 10.6. The average Bonchev–Trinajstić information content (AvgIpc) is 3.75. The first-order valence-electron chi connectivity index (χ1n) is 17.1. The number of aromatic nitrogens is 3. The summed E-state index contributed by atoms with van der Waals surface area (Å²) in [6.45, 7) is 4.48. The number of fused-ring (bicyclic) bond motifs is 6. The molecule has 8 rings (SSSR count). The van der Waals surface area contributed by atoms with Gasteiger partial charge in [0.05, 0.1) is 35.5 Å². The fourth-order valence-corrected chi connectivity index (χ4v) is 12.4. The Kier molecular flexibility index (Phi) is 7.47. The number of hydrogen-bond acceptors (Lipinski definition) is 7. The summed E-state index contributed by atoms with van der Waals surface area (Å²) in [7, 11) is 0. The van der Waals surface area contributed by atoms with Crippen molar-refractivity contribution in [3.05, 3.63) is 58.7 Å². The van der Waals surface area contributed by atoms with Crippen molar-refractivity contribution in [1.29, 1.82) is 0 Å². The van der Waals surface area contributed by atoms with Crippen molar-refractivity contribution in [2.45, 2.75) is 107 Å². The van der Waals surface area contributed by atoms with Gasteiger partial charge < -0.3 is 10.2 Å². The van der Waals surface area contributed by atoms with Crippen LogP contribution in [0, 0.1) is 28.6 Å². The number of benzene rings is 1. The highest BCUT2D eigenvalue weighted by Crippen LogP contribution is 2.67. The van der Waals surface area contributed by atoms with E-state index in [0.29, 0.717) is 18.9 Å². The third-order valence-corrected chi connectivity index (χ3v) is 14.9. The first kappa shape index (κ1) is 30.1. The van der Waals surface area contributed by atoms with Gasteiger partial charge in [-0.1, -0.05) is 80.8 Å². The van der Waals surface area contributed by atoms with Crippen molar-refractivity contribution >= 4 is 35.0 Å². The number of aliphatic hydroxyl groups is 2. The molecule has 5 unspecified atom stereocenters. The van der Waals surface area contributed by atoms with Gasteiger partial charge in [0.1, 0.15) is 5.60 Å². The highest BCUT2D eigenvalue weighted by atomic mass is 32.2. The Morgan fingerprint density at radius 2 is 1.91 bits per heavy atom. The van der Waals surface area contributed by atoms with Gasteiger partial charge in [0.2, 0.25) is 0 Å². The Hall–Kier alpha value is -2.26. The molecule has 5 aliphatic carbocycles. The van der Waals surface area contributed by atoms with Gasteiger partial charge in [-0.15, -0.1) is 11.3 Å². The van der Waals surface area contributed by atoms with E-state index >= 15 is 0 Å². The van der Waals surface area contributed by atoms with Gasteiger partial charge in [0, 0.05) is 16.4 Å². The Balaban J connectivity index is 1.01. The molecule has 0 aliphatic heterocycles. The molecule has 4 fully saturated rings. The minimum absolute atomic E-state index is 0.111. The number of ketones is 1. The van der Waals surface area contributed by atoms with Crippen LogP contribution in [-0.2, 0) is 11.2 Å². The molecule has 5 aliphatic rings. The zero-order valence-electron chi connectivity index (χ0n) is 26.5. The number of thioether (sulfide) groups is 1. The number of carbonyl (C=O) groups excluding carboxylic acids is 1. The zero-order valence-corrected chi connectivity index (χ0v) is 28.1. The standard InChI is InChI=1S/C37H45N3O3S2/c1-35-18-24-20-38-40(26-11-7-4-8-12-26)30(24)17-25(35)13-14-27-28-15-16-37(43,36(28,2)19-31(41)33(27)35)32(42)22-45-34-39-29(21-44-34)23-9-5-3-6-10-23/h3,5-6,9-10,17,20-21,26-28,31,33,41,43H,4,7-8,11-16,18-19,22H2,1-2H3/t27?,28?,31-,33?,35?,36?,37-/m0/s1. The maximum atomic E-state index is 13.9. The molecule has 2 N–H and O–H groups in total. The first-order chi connectivity index (χ1) is 21.7. The third-order valence-electron chi connectivity index (χ3n) is 12.9. The molecule has 0 amide bonds. The number of aliphatic hydroxyl groups excluding tert-OH is 1. The van der Waals surface area contributed by atoms with E-state index in [-0.39, 0.29) is 34.7 Å². The van der Waals surface area contributed by atoms with E-state index in [1.165, 1.54) is 60.7 Å². The zero-order chi connectivity index (χ0) is 31.0. The molecule has 45 heavy (non-hydrogen) atoms. The minimum atomic E-state index is -1.42. The lowest BCUT2D eigenvalue weighted by Gasteiger charge is -2.60. The average molecular weight is 644 g/mol. The summed E-state index contributed by atoms with van der Waals surface area (Å²) in [6, 6.07) is 10.6. The second kappa shape index (κ2) is 11.2. The van der Waals surface area contributed by atoms with Crippen molar-refractivity contribution in [1.82, 2.24) is 14.8 Å². The molecule has 2 heterocycles. The van der Waals surface area contributed by atoms with E-state index in [1.807, 2.05) is 35.7 Å². The summed E-state index contributed by atoms with van der Waals surface area (Å²) in [5.41, 5.74) is 3.89. The maximum absolute atomic E-state index is 13.9. The van der Waals surface area contributed by atoms with Gasteiger partial charge in [-0.05, 0) is 86.2 Å². The van der Waals surface area contributed by atoms with Crippen LogP contribution in [0.2, 0.25) is 0 Å². The number of hydrogen-bond donors (Lipinski definition) is 2. The third kappa shape index (κ3) is 4.68. The van der Waals surface area contributed by atoms with Gasteiger partial charge in [0.25, 0.3) is 0 Å². The largest absolute Gasteiger partial charge is 0.393 e. The second-order valence-electron chi connectivity index (χ2n) is 15.1. The maximum Gasteiger partial charge on any atom is 0.175 e. The Labute approximate surface area is 274 Å². The molecule has 7 atom stereocenters. The summed E-state index contributed by atoms with van der Waals surface area (Å²) in [5, 5.41) is 31.2. The molecule has 2 aromatic heterocycles. The molecular formula is C37H45N3O3S2. The van der Waals surface area contributed by atoms with E-state index in [0.717, 1.165) is 41.3 Å². The molecule has 4 saturated carbocycles. The Bertz CT molecular complexity index is 1630. The van der Waals surface area contributed by atoms with Gasteiger partial charge >= 0.3 is 0 Å². The van der Waals surface area contributed by atoms with Crippen LogP contribution in [0.15, 0.2) is 51.8 Å². The summed E-state index contributed by atoms with van der Waals surface area (Å²) in [5.74, 6) is 0.722. The Morgan fingerprint density at radius 1 is 1.11 bits per heavy atom. The lowest BCUT2D eigenvalue weighted by Crippen LogP contribution is -2.62. The number of carbonyl (C=O) groups is 1. The minimum Gasteiger partial charge on any atom is -0.393 e.